The first-order chi connectivity index (χ1) is 19.9. The van der Waals surface area contributed by atoms with Gasteiger partial charge >= 0.3 is 5.97 Å². The molecule has 42 heavy (non-hydrogen) atoms. The molecule has 3 aromatic carbocycles. The first kappa shape index (κ1) is 33.7. The molecule has 0 aromatic heterocycles. The standard InChI is InChI=1S/C33H43N3O4S.ClH/c1-3-21-34-32-24-29(33(37)40-26-27-13-7-4-8-14-27)19-22-36(32)23-20-30(28-15-9-5-10-16-28)25-35(2)41(38,39)31-17-11-6-12-18-31;/h4-18,29-30,32,34H,3,19-26H2,1-2H3;1H/t29?,30-,32-;/m0./s1. The van der Waals surface area contributed by atoms with E-state index < -0.39 is 10.0 Å². The molecule has 1 unspecified atom stereocenters. The average Bonchev–Trinajstić information content (AvgIpc) is 3.02. The molecule has 3 atom stereocenters. The predicted molar refractivity (Wildman–Crippen MR) is 170 cm³/mol. The van der Waals surface area contributed by atoms with Crippen LogP contribution in [0.5, 0.6) is 0 Å². The largest absolute Gasteiger partial charge is 0.461 e. The fourth-order valence-corrected chi connectivity index (χ4v) is 6.69. The van der Waals surface area contributed by atoms with E-state index in [-0.39, 0.29) is 36.4 Å². The quantitative estimate of drug-likeness (QED) is 0.236. The molecule has 1 aliphatic rings. The van der Waals surface area contributed by atoms with Gasteiger partial charge in [0.05, 0.1) is 17.0 Å². The third kappa shape index (κ3) is 9.38. The summed E-state index contributed by atoms with van der Waals surface area (Å²) in [5, 5.41) is 3.64. The number of ether oxygens (including phenoxy) is 1. The Morgan fingerprint density at radius 2 is 1.62 bits per heavy atom. The van der Waals surface area contributed by atoms with E-state index in [1.807, 2.05) is 54.6 Å². The Hall–Kier alpha value is -2.75. The summed E-state index contributed by atoms with van der Waals surface area (Å²) in [5.41, 5.74) is 2.12. The highest BCUT2D eigenvalue weighted by Gasteiger charge is 2.33. The lowest BCUT2D eigenvalue weighted by molar-refractivity contribution is -0.152. The number of halogens is 1. The lowest BCUT2D eigenvalue weighted by Crippen LogP contribution is -2.52. The number of nitrogens with zero attached hydrogens (tertiary/aromatic N) is 2. The third-order valence-electron chi connectivity index (χ3n) is 7.87. The van der Waals surface area contributed by atoms with Crippen molar-refractivity contribution < 1.29 is 17.9 Å². The molecule has 1 heterocycles. The van der Waals surface area contributed by atoms with Gasteiger partial charge in [-0.1, -0.05) is 85.8 Å². The van der Waals surface area contributed by atoms with Gasteiger partial charge in [-0.3, -0.25) is 9.69 Å². The molecule has 1 fully saturated rings. The van der Waals surface area contributed by atoms with Crippen molar-refractivity contribution in [3.05, 3.63) is 102 Å². The fourth-order valence-electron chi connectivity index (χ4n) is 5.46. The minimum absolute atomic E-state index is 0. The van der Waals surface area contributed by atoms with Gasteiger partial charge < -0.3 is 10.1 Å². The maximum Gasteiger partial charge on any atom is 0.309 e. The van der Waals surface area contributed by atoms with Crippen molar-refractivity contribution in [2.24, 2.45) is 5.92 Å². The minimum Gasteiger partial charge on any atom is -0.461 e. The van der Waals surface area contributed by atoms with Crippen molar-refractivity contribution in [3.8, 4) is 0 Å². The second-order valence-corrected chi connectivity index (χ2v) is 12.9. The van der Waals surface area contributed by atoms with Crippen LogP contribution in [0.25, 0.3) is 0 Å². The maximum absolute atomic E-state index is 13.3. The molecule has 4 rings (SSSR count). The molecular weight excluding hydrogens is 570 g/mol. The molecule has 0 amide bonds. The highest BCUT2D eigenvalue weighted by molar-refractivity contribution is 7.89. The number of benzene rings is 3. The zero-order valence-electron chi connectivity index (χ0n) is 24.6. The number of rotatable bonds is 14. The number of hydrogen-bond donors (Lipinski definition) is 1. The number of carbonyl (C=O) groups is 1. The maximum atomic E-state index is 13.3. The zero-order valence-corrected chi connectivity index (χ0v) is 26.2. The van der Waals surface area contributed by atoms with Crippen molar-refractivity contribution in [1.82, 2.24) is 14.5 Å². The van der Waals surface area contributed by atoms with E-state index in [9.17, 15) is 13.2 Å². The van der Waals surface area contributed by atoms with Crippen LogP contribution < -0.4 is 5.32 Å². The van der Waals surface area contributed by atoms with Crippen LogP contribution >= 0.6 is 12.4 Å². The monoisotopic (exact) mass is 613 g/mol. The zero-order chi connectivity index (χ0) is 29.1. The molecule has 1 aliphatic heterocycles. The van der Waals surface area contributed by atoms with Crippen LogP contribution in [0.3, 0.4) is 0 Å². The van der Waals surface area contributed by atoms with Crippen LogP contribution in [-0.4, -0.2) is 63.0 Å². The van der Waals surface area contributed by atoms with Crippen molar-refractivity contribution in [3.63, 3.8) is 0 Å². The minimum atomic E-state index is -3.59. The molecule has 3 aromatic rings. The van der Waals surface area contributed by atoms with Gasteiger partial charge in [-0.15, -0.1) is 12.4 Å². The smallest absolute Gasteiger partial charge is 0.309 e. The summed E-state index contributed by atoms with van der Waals surface area (Å²) < 4.78 is 33.7. The number of piperidine rings is 1. The Morgan fingerprint density at radius 1 is 1.00 bits per heavy atom. The van der Waals surface area contributed by atoms with Gasteiger partial charge in [0.15, 0.2) is 0 Å². The van der Waals surface area contributed by atoms with Crippen LogP contribution in [0.2, 0.25) is 0 Å². The van der Waals surface area contributed by atoms with Gasteiger partial charge in [-0.25, -0.2) is 12.7 Å². The first-order valence-electron chi connectivity index (χ1n) is 14.6. The Bertz CT molecular complexity index is 1310. The molecule has 0 radical (unpaired) electrons. The van der Waals surface area contributed by atoms with E-state index in [1.165, 1.54) is 4.31 Å². The van der Waals surface area contributed by atoms with Crippen LogP contribution in [-0.2, 0) is 26.2 Å². The second kappa shape index (κ2) is 16.8. The van der Waals surface area contributed by atoms with Gasteiger partial charge in [0, 0.05) is 26.7 Å². The highest BCUT2D eigenvalue weighted by Crippen LogP contribution is 2.28. The normalized spacial score (nSPS) is 18.3. The van der Waals surface area contributed by atoms with Crippen LogP contribution in [0.1, 0.15) is 49.7 Å². The summed E-state index contributed by atoms with van der Waals surface area (Å²) in [6.07, 6.45) is 3.32. The van der Waals surface area contributed by atoms with E-state index >= 15 is 0 Å². The molecule has 0 spiro atoms. The van der Waals surface area contributed by atoms with E-state index in [4.69, 9.17) is 4.74 Å². The summed E-state index contributed by atoms with van der Waals surface area (Å²) in [7, 11) is -1.93. The van der Waals surface area contributed by atoms with Gasteiger partial charge in [0.2, 0.25) is 10.0 Å². The number of hydrogen-bond acceptors (Lipinski definition) is 6. The van der Waals surface area contributed by atoms with Gasteiger partial charge in [-0.05, 0) is 61.4 Å². The van der Waals surface area contributed by atoms with Gasteiger partial charge in [0.25, 0.3) is 0 Å². The third-order valence-corrected chi connectivity index (χ3v) is 9.70. The van der Waals surface area contributed by atoms with Crippen molar-refractivity contribution in [1.29, 1.82) is 0 Å². The van der Waals surface area contributed by atoms with Gasteiger partial charge in [0.1, 0.15) is 6.61 Å². The van der Waals surface area contributed by atoms with E-state index in [0.29, 0.717) is 24.5 Å². The molecule has 9 heteroatoms. The predicted octanol–water partition coefficient (Wildman–Crippen LogP) is 5.68. The summed E-state index contributed by atoms with van der Waals surface area (Å²) >= 11 is 0. The van der Waals surface area contributed by atoms with Crippen LogP contribution in [0.15, 0.2) is 95.9 Å². The number of esters is 1. The molecule has 1 N–H and O–H groups in total. The Morgan fingerprint density at radius 3 is 2.26 bits per heavy atom. The Labute approximate surface area is 257 Å². The van der Waals surface area contributed by atoms with E-state index in [2.05, 4.69) is 29.3 Å². The molecular formula is C33H44ClN3O4S. The lowest BCUT2D eigenvalue weighted by atomic mass is 9.92. The van der Waals surface area contributed by atoms with E-state index in [0.717, 1.165) is 50.0 Å². The van der Waals surface area contributed by atoms with Crippen LogP contribution in [0.4, 0.5) is 0 Å². The Kier molecular flexibility index (Phi) is 13.5. The van der Waals surface area contributed by atoms with Crippen LogP contribution in [0, 0.1) is 5.92 Å². The molecule has 228 valence electrons. The number of likely N-dealkylation sites (N-methyl/N-ethyl adjacent to an activating group) is 1. The molecule has 0 aliphatic carbocycles. The number of carbonyl (C=O) groups excluding carboxylic acids is 1. The summed E-state index contributed by atoms with van der Waals surface area (Å²) in [6.45, 7) is 5.27. The second-order valence-electron chi connectivity index (χ2n) is 10.8. The average molecular weight is 614 g/mol. The summed E-state index contributed by atoms with van der Waals surface area (Å²) in [4.78, 5) is 15.7. The first-order valence-corrected chi connectivity index (χ1v) is 16.1. The number of likely N-dealkylation sites (tertiary alicyclic amines) is 1. The highest BCUT2D eigenvalue weighted by atomic mass is 35.5. The van der Waals surface area contributed by atoms with E-state index in [1.54, 1.807) is 31.3 Å². The number of sulfonamides is 1. The topological polar surface area (TPSA) is 79.0 Å². The molecule has 1 saturated heterocycles. The van der Waals surface area contributed by atoms with Gasteiger partial charge in [-0.2, -0.15) is 0 Å². The fraction of sp³-hybridized carbons (Fsp3) is 0.424. The summed E-state index contributed by atoms with van der Waals surface area (Å²) in [5.74, 6) is -0.247. The summed E-state index contributed by atoms with van der Waals surface area (Å²) in [6, 6.07) is 28.5. The lowest BCUT2D eigenvalue weighted by Gasteiger charge is -2.40. The molecule has 0 saturated carbocycles. The van der Waals surface area contributed by atoms with Crippen molar-refractivity contribution >= 4 is 28.4 Å². The molecule has 0 bridgehead atoms. The Balaban J connectivity index is 0.00000484. The number of nitrogens with one attached hydrogen (secondary N) is 1. The van der Waals surface area contributed by atoms with Crippen molar-refractivity contribution in [2.45, 2.75) is 56.2 Å². The van der Waals surface area contributed by atoms with Crippen molar-refractivity contribution in [2.75, 3.05) is 33.2 Å². The molecule has 7 nitrogen and oxygen atoms in total. The SMILES string of the molecule is CCCN[C@@H]1CC(C(=O)OCc2ccccc2)CCN1CC[C@@H](CN(C)S(=O)(=O)c1ccccc1)c1ccccc1.Cl.